The Hall–Kier alpha value is -2.09. The number of rotatable bonds is 1. The Bertz CT molecular complexity index is 524. The van der Waals surface area contributed by atoms with Crippen LogP contribution >= 0.6 is 0 Å². The molecule has 1 aliphatic rings. The summed E-state index contributed by atoms with van der Waals surface area (Å²) in [4.78, 5) is 13.7. The van der Waals surface area contributed by atoms with Crippen LogP contribution in [0.25, 0.3) is 0 Å². The SMILES string of the molecule is CC1CCCN(C(=O)Nc2ccc(C#N)cc2F)C1. The highest BCUT2D eigenvalue weighted by molar-refractivity contribution is 5.89. The number of hydrogen-bond acceptors (Lipinski definition) is 2. The number of nitriles is 1. The number of benzene rings is 1. The summed E-state index contributed by atoms with van der Waals surface area (Å²) >= 11 is 0. The topological polar surface area (TPSA) is 56.1 Å². The molecule has 1 aromatic rings. The smallest absolute Gasteiger partial charge is 0.321 e. The molecule has 0 spiro atoms. The number of carbonyl (C=O) groups excluding carboxylic acids is 1. The minimum atomic E-state index is -0.586. The minimum absolute atomic E-state index is 0.113. The van der Waals surface area contributed by atoms with Crippen molar-refractivity contribution in [2.75, 3.05) is 18.4 Å². The Labute approximate surface area is 111 Å². The number of likely N-dealkylation sites (tertiary alicyclic amines) is 1. The van der Waals surface area contributed by atoms with E-state index >= 15 is 0 Å². The predicted molar refractivity (Wildman–Crippen MR) is 70.1 cm³/mol. The van der Waals surface area contributed by atoms with Gasteiger partial charge in [-0.1, -0.05) is 6.92 Å². The van der Waals surface area contributed by atoms with Crippen LogP contribution in [0.2, 0.25) is 0 Å². The highest BCUT2D eigenvalue weighted by Gasteiger charge is 2.21. The zero-order chi connectivity index (χ0) is 13.8. The lowest BCUT2D eigenvalue weighted by atomic mass is 10.0. The molecule has 2 rings (SSSR count). The molecule has 1 aromatic carbocycles. The molecule has 0 aromatic heterocycles. The number of urea groups is 1. The summed E-state index contributed by atoms with van der Waals surface area (Å²) in [5, 5.41) is 11.2. The van der Waals surface area contributed by atoms with Gasteiger partial charge in [-0.2, -0.15) is 5.26 Å². The molecular weight excluding hydrogens is 245 g/mol. The van der Waals surface area contributed by atoms with Gasteiger partial charge in [-0.3, -0.25) is 0 Å². The van der Waals surface area contributed by atoms with E-state index in [0.717, 1.165) is 18.9 Å². The van der Waals surface area contributed by atoms with Crippen LogP contribution in [-0.4, -0.2) is 24.0 Å². The van der Waals surface area contributed by atoms with Crippen molar-refractivity contribution in [3.05, 3.63) is 29.6 Å². The van der Waals surface area contributed by atoms with Crippen LogP contribution in [0.3, 0.4) is 0 Å². The minimum Gasteiger partial charge on any atom is -0.324 e. The first-order valence-electron chi connectivity index (χ1n) is 6.35. The number of amides is 2. The van der Waals surface area contributed by atoms with Crippen LogP contribution < -0.4 is 5.32 Å². The van der Waals surface area contributed by atoms with Crippen LogP contribution in [0.4, 0.5) is 14.9 Å². The standard InChI is InChI=1S/C14H16FN3O/c1-10-3-2-6-18(9-10)14(19)17-13-5-4-11(8-16)7-12(13)15/h4-5,7,10H,2-3,6,9H2,1H3,(H,17,19). The Morgan fingerprint density at radius 1 is 1.58 bits per heavy atom. The Morgan fingerprint density at radius 3 is 3.00 bits per heavy atom. The van der Waals surface area contributed by atoms with Gasteiger partial charge in [-0.15, -0.1) is 0 Å². The molecule has 1 N–H and O–H groups in total. The predicted octanol–water partition coefficient (Wildman–Crippen LogP) is 2.96. The van der Waals surface area contributed by atoms with Gasteiger partial charge in [0.05, 0.1) is 17.3 Å². The number of halogens is 1. The number of nitrogens with one attached hydrogen (secondary N) is 1. The number of hydrogen-bond donors (Lipinski definition) is 1. The molecule has 2 amide bonds. The van der Waals surface area contributed by atoms with Crippen molar-refractivity contribution >= 4 is 11.7 Å². The van der Waals surface area contributed by atoms with Gasteiger partial charge in [0.25, 0.3) is 0 Å². The molecule has 0 bridgehead atoms. The molecule has 5 heteroatoms. The van der Waals surface area contributed by atoms with E-state index in [1.807, 2.05) is 6.07 Å². The second-order valence-corrected chi connectivity index (χ2v) is 4.93. The van der Waals surface area contributed by atoms with Crippen molar-refractivity contribution in [3.63, 3.8) is 0 Å². The van der Waals surface area contributed by atoms with Crippen molar-refractivity contribution < 1.29 is 9.18 Å². The fraction of sp³-hybridized carbons (Fsp3) is 0.429. The summed E-state index contributed by atoms with van der Waals surface area (Å²) in [5.74, 6) is -0.109. The number of carbonyl (C=O) groups is 1. The van der Waals surface area contributed by atoms with Gasteiger partial charge < -0.3 is 10.2 Å². The summed E-state index contributed by atoms with van der Waals surface area (Å²) < 4.78 is 13.7. The maximum Gasteiger partial charge on any atom is 0.321 e. The second-order valence-electron chi connectivity index (χ2n) is 4.93. The first-order chi connectivity index (χ1) is 9.10. The fourth-order valence-corrected chi connectivity index (χ4v) is 2.25. The van der Waals surface area contributed by atoms with Gasteiger partial charge >= 0.3 is 6.03 Å². The number of piperidine rings is 1. The third-order valence-corrected chi connectivity index (χ3v) is 3.28. The van der Waals surface area contributed by atoms with Gasteiger partial charge in [0.1, 0.15) is 5.82 Å². The normalized spacial score (nSPS) is 18.8. The van der Waals surface area contributed by atoms with Crippen LogP contribution in [0, 0.1) is 23.1 Å². The highest BCUT2D eigenvalue weighted by atomic mass is 19.1. The van der Waals surface area contributed by atoms with Crippen molar-refractivity contribution in [1.29, 1.82) is 5.26 Å². The van der Waals surface area contributed by atoms with E-state index < -0.39 is 5.82 Å². The molecule has 1 atom stereocenters. The zero-order valence-corrected chi connectivity index (χ0v) is 10.8. The molecular formula is C14H16FN3O. The third-order valence-electron chi connectivity index (χ3n) is 3.28. The zero-order valence-electron chi connectivity index (χ0n) is 10.8. The van der Waals surface area contributed by atoms with E-state index in [1.54, 1.807) is 4.90 Å². The average molecular weight is 261 g/mol. The molecule has 4 nitrogen and oxygen atoms in total. The molecule has 0 saturated carbocycles. The van der Waals surface area contributed by atoms with Crippen LogP contribution in [0.15, 0.2) is 18.2 Å². The van der Waals surface area contributed by atoms with Gasteiger partial charge in [0.15, 0.2) is 0 Å². The van der Waals surface area contributed by atoms with E-state index in [9.17, 15) is 9.18 Å². The lowest BCUT2D eigenvalue weighted by Crippen LogP contribution is -2.41. The van der Waals surface area contributed by atoms with Crippen LogP contribution in [-0.2, 0) is 0 Å². The maximum atomic E-state index is 13.7. The molecule has 1 unspecified atom stereocenters. The van der Waals surface area contributed by atoms with Crippen LogP contribution in [0.5, 0.6) is 0 Å². The van der Waals surface area contributed by atoms with E-state index in [0.29, 0.717) is 19.0 Å². The first-order valence-corrected chi connectivity index (χ1v) is 6.35. The molecule has 0 aliphatic carbocycles. The lowest BCUT2D eigenvalue weighted by molar-refractivity contribution is 0.182. The van der Waals surface area contributed by atoms with E-state index in [1.165, 1.54) is 12.1 Å². The summed E-state index contributed by atoms with van der Waals surface area (Å²) in [7, 11) is 0. The van der Waals surface area contributed by atoms with Crippen molar-refractivity contribution in [3.8, 4) is 6.07 Å². The highest BCUT2D eigenvalue weighted by Crippen LogP contribution is 2.19. The quantitative estimate of drug-likeness (QED) is 0.845. The largest absolute Gasteiger partial charge is 0.324 e. The second kappa shape index (κ2) is 5.70. The van der Waals surface area contributed by atoms with Crippen LogP contribution in [0.1, 0.15) is 25.3 Å². The monoisotopic (exact) mass is 261 g/mol. The molecule has 1 aliphatic heterocycles. The van der Waals surface area contributed by atoms with Gasteiger partial charge in [-0.05, 0) is 37.0 Å². The summed E-state index contributed by atoms with van der Waals surface area (Å²) in [6.07, 6.45) is 2.10. The Balaban J connectivity index is 2.04. The van der Waals surface area contributed by atoms with Gasteiger partial charge in [-0.25, -0.2) is 9.18 Å². The number of anilines is 1. The molecule has 1 fully saturated rings. The fourth-order valence-electron chi connectivity index (χ4n) is 2.25. The Morgan fingerprint density at radius 2 is 2.37 bits per heavy atom. The summed E-state index contributed by atoms with van der Waals surface area (Å²) in [5.41, 5.74) is 0.351. The van der Waals surface area contributed by atoms with E-state index in [4.69, 9.17) is 5.26 Å². The molecule has 100 valence electrons. The van der Waals surface area contributed by atoms with Crippen molar-refractivity contribution in [2.45, 2.75) is 19.8 Å². The van der Waals surface area contributed by atoms with Crippen molar-refractivity contribution in [1.82, 2.24) is 4.90 Å². The number of nitrogens with zero attached hydrogens (tertiary/aromatic N) is 2. The lowest BCUT2D eigenvalue weighted by Gasteiger charge is -2.30. The van der Waals surface area contributed by atoms with Gasteiger partial charge in [0, 0.05) is 13.1 Å². The summed E-state index contributed by atoms with van der Waals surface area (Å²) in [6.45, 7) is 3.50. The first kappa shape index (κ1) is 13.3. The Kier molecular flexibility index (Phi) is 4.00. The average Bonchev–Trinajstić information content (AvgIpc) is 2.41. The molecule has 0 radical (unpaired) electrons. The maximum absolute atomic E-state index is 13.7. The van der Waals surface area contributed by atoms with Gasteiger partial charge in [0.2, 0.25) is 0 Å². The molecule has 1 saturated heterocycles. The van der Waals surface area contributed by atoms with E-state index in [-0.39, 0.29) is 17.3 Å². The third kappa shape index (κ3) is 3.22. The molecule has 1 heterocycles. The molecule has 19 heavy (non-hydrogen) atoms. The van der Waals surface area contributed by atoms with E-state index in [2.05, 4.69) is 12.2 Å². The summed E-state index contributed by atoms with van der Waals surface area (Å²) in [6, 6.07) is 5.59. The van der Waals surface area contributed by atoms with Crippen molar-refractivity contribution in [2.24, 2.45) is 5.92 Å².